The van der Waals surface area contributed by atoms with Gasteiger partial charge in [0, 0.05) is 29.9 Å². The number of aryl methyl sites for hydroxylation is 3. The average Bonchev–Trinajstić information content (AvgIpc) is 3.29. The zero-order valence-corrected chi connectivity index (χ0v) is 19.1. The molecule has 0 saturated heterocycles. The quantitative estimate of drug-likeness (QED) is 0.412. The summed E-state index contributed by atoms with van der Waals surface area (Å²) in [6, 6.07) is 13.6. The van der Waals surface area contributed by atoms with Crippen molar-refractivity contribution in [2.24, 2.45) is 0 Å². The number of nitrogens with one attached hydrogen (secondary N) is 1. The molecule has 1 atom stereocenters. The number of carboxylic acid groups (broad SMARTS) is 1. The SMILES string of the molecule is COc1ccc(C(CC(=O)O)n2ncc3cc(CCc4ccc5c(n4)NCCC5)ccc32)cn1. The monoisotopic (exact) mass is 457 g/mol. The van der Waals surface area contributed by atoms with Gasteiger partial charge in [0.1, 0.15) is 5.82 Å². The number of ether oxygens (including phenoxy) is 1. The fourth-order valence-electron chi connectivity index (χ4n) is 4.51. The highest BCUT2D eigenvalue weighted by atomic mass is 16.5. The van der Waals surface area contributed by atoms with Crippen LogP contribution in [0, 0.1) is 0 Å². The molecule has 0 amide bonds. The highest BCUT2D eigenvalue weighted by Crippen LogP contribution is 2.28. The van der Waals surface area contributed by atoms with E-state index >= 15 is 0 Å². The highest BCUT2D eigenvalue weighted by molar-refractivity contribution is 5.80. The lowest BCUT2D eigenvalue weighted by Gasteiger charge is -2.18. The Labute approximate surface area is 197 Å². The van der Waals surface area contributed by atoms with E-state index in [9.17, 15) is 9.90 Å². The molecule has 8 nitrogen and oxygen atoms in total. The maximum absolute atomic E-state index is 11.6. The van der Waals surface area contributed by atoms with Gasteiger partial charge in [-0.1, -0.05) is 12.1 Å². The predicted molar refractivity (Wildman–Crippen MR) is 129 cm³/mol. The van der Waals surface area contributed by atoms with Gasteiger partial charge in [-0.25, -0.2) is 9.97 Å². The van der Waals surface area contributed by atoms with Crippen LogP contribution in [0.2, 0.25) is 0 Å². The zero-order chi connectivity index (χ0) is 23.5. The number of hydrogen-bond acceptors (Lipinski definition) is 6. The third-order valence-corrected chi connectivity index (χ3v) is 6.30. The zero-order valence-electron chi connectivity index (χ0n) is 19.1. The summed E-state index contributed by atoms with van der Waals surface area (Å²) >= 11 is 0. The second-order valence-electron chi connectivity index (χ2n) is 8.57. The van der Waals surface area contributed by atoms with Crippen molar-refractivity contribution in [3.8, 4) is 5.88 Å². The van der Waals surface area contributed by atoms with Crippen LogP contribution in [0.4, 0.5) is 5.82 Å². The molecule has 1 unspecified atom stereocenters. The van der Waals surface area contributed by atoms with Crippen molar-refractivity contribution in [1.29, 1.82) is 0 Å². The number of benzene rings is 1. The Hall–Kier alpha value is -3.94. The van der Waals surface area contributed by atoms with E-state index < -0.39 is 12.0 Å². The fraction of sp³-hybridized carbons (Fsp3) is 0.308. The van der Waals surface area contributed by atoms with Crippen LogP contribution in [0.3, 0.4) is 0 Å². The molecule has 4 heterocycles. The Kier molecular flexibility index (Phi) is 6.12. The molecular weight excluding hydrogens is 430 g/mol. The van der Waals surface area contributed by atoms with Gasteiger partial charge in [-0.15, -0.1) is 0 Å². The van der Waals surface area contributed by atoms with Crippen molar-refractivity contribution in [2.75, 3.05) is 19.0 Å². The van der Waals surface area contributed by atoms with E-state index in [1.54, 1.807) is 30.3 Å². The summed E-state index contributed by atoms with van der Waals surface area (Å²) < 4.78 is 6.90. The fourth-order valence-corrected chi connectivity index (χ4v) is 4.51. The second kappa shape index (κ2) is 9.51. The van der Waals surface area contributed by atoms with Crippen molar-refractivity contribution < 1.29 is 14.6 Å². The summed E-state index contributed by atoms with van der Waals surface area (Å²) in [4.78, 5) is 20.6. The maximum atomic E-state index is 11.6. The molecule has 3 aromatic heterocycles. The largest absolute Gasteiger partial charge is 0.481 e. The lowest BCUT2D eigenvalue weighted by atomic mass is 10.0. The number of aliphatic carboxylic acids is 1. The molecule has 5 rings (SSSR count). The molecule has 0 aliphatic carbocycles. The van der Waals surface area contributed by atoms with E-state index in [0.29, 0.717) is 5.88 Å². The summed E-state index contributed by atoms with van der Waals surface area (Å²) in [5.74, 6) is 0.614. The van der Waals surface area contributed by atoms with Crippen LogP contribution in [0.15, 0.2) is 54.9 Å². The van der Waals surface area contributed by atoms with Crippen molar-refractivity contribution in [1.82, 2.24) is 19.7 Å². The molecule has 2 N–H and O–H groups in total. The molecule has 1 aliphatic heterocycles. The first-order chi connectivity index (χ1) is 16.6. The smallest absolute Gasteiger partial charge is 0.305 e. The van der Waals surface area contributed by atoms with Crippen LogP contribution < -0.4 is 10.1 Å². The minimum absolute atomic E-state index is 0.0927. The molecule has 0 saturated carbocycles. The first kappa shape index (κ1) is 21.9. The van der Waals surface area contributed by atoms with Gasteiger partial charge in [-0.2, -0.15) is 5.10 Å². The van der Waals surface area contributed by atoms with E-state index in [1.165, 1.54) is 11.1 Å². The van der Waals surface area contributed by atoms with E-state index in [1.807, 2.05) is 12.1 Å². The summed E-state index contributed by atoms with van der Waals surface area (Å²) in [5.41, 5.74) is 5.23. The van der Waals surface area contributed by atoms with Gasteiger partial charge in [0.2, 0.25) is 5.88 Å². The predicted octanol–water partition coefficient (Wildman–Crippen LogP) is 4.04. The topological polar surface area (TPSA) is 102 Å². The molecule has 0 radical (unpaired) electrons. The van der Waals surface area contributed by atoms with Crippen molar-refractivity contribution in [3.63, 3.8) is 0 Å². The van der Waals surface area contributed by atoms with Gasteiger partial charge in [-0.05, 0) is 66.6 Å². The van der Waals surface area contributed by atoms with Crippen LogP contribution in [0.1, 0.15) is 41.3 Å². The lowest BCUT2D eigenvalue weighted by molar-refractivity contribution is -0.137. The minimum atomic E-state index is -0.895. The number of fused-ring (bicyclic) bond motifs is 2. The normalized spacial score (nSPS) is 13.8. The number of aromatic nitrogens is 4. The number of rotatable bonds is 8. The molecule has 8 heteroatoms. The molecule has 34 heavy (non-hydrogen) atoms. The summed E-state index contributed by atoms with van der Waals surface area (Å²) in [6.45, 7) is 0.986. The third-order valence-electron chi connectivity index (χ3n) is 6.30. The third kappa shape index (κ3) is 4.57. The molecule has 174 valence electrons. The summed E-state index contributed by atoms with van der Waals surface area (Å²) in [7, 11) is 1.55. The number of pyridine rings is 2. The highest BCUT2D eigenvalue weighted by Gasteiger charge is 2.21. The number of carboxylic acids is 1. The Balaban J connectivity index is 1.37. The minimum Gasteiger partial charge on any atom is -0.481 e. The van der Waals surface area contributed by atoms with Gasteiger partial charge in [0.25, 0.3) is 0 Å². The van der Waals surface area contributed by atoms with Crippen LogP contribution in [-0.2, 0) is 24.1 Å². The molecule has 1 aliphatic rings. The number of anilines is 1. The standard InChI is InChI=1S/C26H27N5O3/c1-34-24-11-7-19(15-28-24)23(14-25(32)33)31-22-10-5-17(13-20(22)16-29-31)4-8-21-9-6-18-3-2-12-27-26(18)30-21/h5-7,9-11,13,15-16,23H,2-4,8,12,14H2,1H3,(H,27,30)(H,32,33). The molecule has 1 aromatic carbocycles. The van der Waals surface area contributed by atoms with E-state index in [0.717, 1.165) is 60.2 Å². The number of nitrogens with zero attached hydrogens (tertiary/aromatic N) is 4. The Morgan fingerprint density at radius 1 is 1.18 bits per heavy atom. The first-order valence-corrected chi connectivity index (χ1v) is 11.5. The molecule has 0 fully saturated rings. The van der Waals surface area contributed by atoms with Gasteiger partial charge in [0.05, 0.1) is 31.3 Å². The van der Waals surface area contributed by atoms with Crippen molar-refractivity contribution in [2.45, 2.75) is 38.1 Å². The van der Waals surface area contributed by atoms with Gasteiger partial charge >= 0.3 is 5.97 Å². The molecule has 0 spiro atoms. The Bertz CT molecular complexity index is 1320. The average molecular weight is 458 g/mol. The number of methoxy groups -OCH3 is 1. The summed E-state index contributed by atoms with van der Waals surface area (Å²) in [5, 5.41) is 18.4. The van der Waals surface area contributed by atoms with Gasteiger partial charge in [-0.3, -0.25) is 9.48 Å². The first-order valence-electron chi connectivity index (χ1n) is 11.5. The van der Waals surface area contributed by atoms with E-state index in [2.05, 4.69) is 39.7 Å². The molecule has 4 aromatic rings. The van der Waals surface area contributed by atoms with E-state index in [4.69, 9.17) is 9.72 Å². The van der Waals surface area contributed by atoms with Crippen molar-refractivity contribution >= 4 is 22.7 Å². The van der Waals surface area contributed by atoms with Gasteiger partial charge in [0.15, 0.2) is 0 Å². The van der Waals surface area contributed by atoms with Crippen LogP contribution in [0.5, 0.6) is 5.88 Å². The number of hydrogen-bond donors (Lipinski definition) is 2. The summed E-state index contributed by atoms with van der Waals surface area (Å²) in [6.07, 6.45) is 7.32. The number of carbonyl (C=O) groups is 1. The van der Waals surface area contributed by atoms with E-state index in [-0.39, 0.29) is 6.42 Å². The van der Waals surface area contributed by atoms with Crippen molar-refractivity contribution in [3.05, 3.63) is 77.2 Å². The van der Waals surface area contributed by atoms with Crippen LogP contribution in [0.25, 0.3) is 10.9 Å². The lowest BCUT2D eigenvalue weighted by Crippen LogP contribution is -2.16. The Morgan fingerprint density at radius 2 is 2.09 bits per heavy atom. The Morgan fingerprint density at radius 3 is 2.88 bits per heavy atom. The van der Waals surface area contributed by atoms with Crippen LogP contribution >= 0.6 is 0 Å². The molecular formula is C26H27N5O3. The second-order valence-corrected chi connectivity index (χ2v) is 8.57. The van der Waals surface area contributed by atoms with Gasteiger partial charge < -0.3 is 15.2 Å². The molecule has 0 bridgehead atoms. The van der Waals surface area contributed by atoms with Crippen LogP contribution in [-0.4, -0.2) is 44.5 Å². The maximum Gasteiger partial charge on any atom is 0.305 e.